The maximum absolute atomic E-state index is 13.5. The summed E-state index contributed by atoms with van der Waals surface area (Å²) in [5.41, 5.74) is 4.39. The minimum Gasteiger partial charge on any atom is -0.490 e. The number of thioether (sulfide) groups is 1. The minimum atomic E-state index is 0.156. The van der Waals surface area contributed by atoms with Gasteiger partial charge in [-0.15, -0.1) is 0 Å². The fourth-order valence-electron chi connectivity index (χ4n) is 5.61. The molecule has 0 aromatic heterocycles. The summed E-state index contributed by atoms with van der Waals surface area (Å²) in [4.78, 5) is 15.6. The molecule has 2 aliphatic heterocycles. The maximum atomic E-state index is 13.5. The van der Waals surface area contributed by atoms with Crippen LogP contribution < -0.4 is 4.74 Å². The van der Waals surface area contributed by atoms with Crippen molar-refractivity contribution in [2.75, 3.05) is 0 Å². The molecular formula is C31H33Cl2NO2S. The van der Waals surface area contributed by atoms with Crippen molar-refractivity contribution in [3.8, 4) is 5.75 Å². The lowest BCUT2D eigenvalue weighted by Crippen LogP contribution is -2.49. The van der Waals surface area contributed by atoms with Crippen molar-refractivity contribution in [2.45, 2.75) is 75.1 Å². The van der Waals surface area contributed by atoms with Gasteiger partial charge in [0.1, 0.15) is 11.9 Å². The fourth-order valence-corrected chi connectivity index (χ4v) is 6.87. The number of carbonyl (C=O) groups is 1. The molecule has 3 aromatic rings. The van der Waals surface area contributed by atoms with Crippen molar-refractivity contribution in [1.29, 1.82) is 0 Å². The molecule has 1 amide bonds. The van der Waals surface area contributed by atoms with Crippen LogP contribution in [0.5, 0.6) is 5.75 Å². The molecule has 0 aliphatic carbocycles. The molecule has 0 N–H and O–H groups in total. The van der Waals surface area contributed by atoms with Gasteiger partial charge in [-0.1, -0.05) is 73.4 Å². The zero-order valence-electron chi connectivity index (χ0n) is 21.3. The van der Waals surface area contributed by atoms with E-state index in [1.807, 2.05) is 48.2 Å². The average molecular weight is 555 g/mol. The number of benzene rings is 3. The van der Waals surface area contributed by atoms with Crippen LogP contribution in [0.15, 0.2) is 66.7 Å². The van der Waals surface area contributed by atoms with Crippen LogP contribution >= 0.6 is 35.0 Å². The monoisotopic (exact) mass is 553 g/mol. The highest BCUT2D eigenvalue weighted by Gasteiger charge is 2.44. The van der Waals surface area contributed by atoms with Gasteiger partial charge in [0, 0.05) is 42.0 Å². The SMILES string of the molecule is CC(C)c1ccccc1OC1CC2CCC(C1)N2C(=O)c1ccc(CSCc2ccc(Cl)c(Cl)c2)cc1. The highest BCUT2D eigenvalue weighted by Crippen LogP contribution is 2.39. The van der Waals surface area contributed by atoms with E-state index in [9.17, 15) is 4.79 Å². The van der Waals surface area contributed by atoms with E-state index in [1.54, 1.807) is 0 Å². The van der Waals surface area contributed by atoms with E-state index in [2.05, 4.69) is 49.1 Å². The van der Waals surface area contributed by atoms with E-state index in [-0.39, 0.29) is 24.1 Å². The second kappa shape index (κ2) is 11.7. The molecule has 0 saturated carbocycles. The maximum Gasteiger partial charge on any atom is 0.254 e. The van der Waals surface area contributed by atoms with Crippen molar-refractivity contribution in [2.24, 2.45) is 0 Å². The summed E-state index contributed by atoms with van der Waals surface area (Å²) in [5, 5.41) is 1.17. The van der Waals surface area contributed by atoms with Crippen LogP contribution in [0.2, 0.25) is 10.0 Å². The first-order chi connectivity index (χ1) is 17.9. The summed E-state index contributed by atoms with van der Waals surface area (Å²) in [6.07, 6.45) is 4.09. The Morgan fingerprint density at radius 2 is 1.57 bits per heavy atom. The molecule has 0 spiro atoms. The van der Waals surface area contributed by atoms with Crippen LogP contribution in [0, 0.1) is 0 Å². The molecule has 3 aromatic carbocycles. The first-order valence-corrected chi connectivity index (χ1v) is 15.0. The van der Waals surface area contributed by atoms with Gasteiger partial charge in [0.15, 0.2) is 0 Å². The summed E-state index contributed by atoms with van der Waals surface area (Å²) >= 11 is 14.0. The third-order valence-corrected chi connectivity index (χ3v) is 9.30. The second-order valence-corrected chi connectivity index (χ2v) is 12.2. The van der Waals surface area contributed by atoms with Crippen LogP contribution in [0.4, 0.5) is 0 Å². The van der Waals surface area contributed by atoms with Gasteiger partial charge in [-0.3, -0.25) is 4.79 Å². The quantitative estimate of drug-likeness (QED) is 0.279. The van der Waals surface area contributed by atoms with Crippen LogP contribution in [0.1, 0.15) is 72.5 Å². The molecule has 2 saturated heterocycles. The first-order valence-electron chi connectivity index (χ1n) is 13.1. The number of ether oxygens (including phenoxy) is 1. The fraction of sp³-hybridized carbons (Fsp3) is 0.387. The third kappa shape index (κ3) is 6.13. The number of para-hydroxylation sites is 1. The first kappa shape index (κ1) is 26.5. The number of fused-ring (bicyclic) bond motifs is 2. The Morgan fingerprint density at radius 3 is 2.24 bits per heavy atom. The number of carbonyl (C=O) groups excluding carboxylic acids is 1. The van der Waals surface area contributed by atoms with Crippen LogP contribution in [0.3, 0.4) is 0 Å². The van der Waals surface area contributed by atoms with Crippen molar-refractivity contribution in [3.63, 3.8) is 0 Å². The lowest BCUT2D eigenvalue weighted by atomic mass is 9.97. The highest BCUT2D eigenvalue weighted by molar-refractivity contribution is 7.97. The van der Waals surface area contributed by atoms with Gasteiger partial charge < -0.3 is 9.64 Å². The van der Waals surface area contributed by atoms with Crippen molar-refractivity contribution in [3.05, 3.63) is 99.0 Å². The second-order valence-electron chi connectivity index (χ2n) is 10.4. The van der Waals surface area contributed by atoms with Crippen molar-refractivity contribution < 1.29 is 9.53 Å². The number of rotatable bonds is 8. The number of hydrogen-bond acceptors (Lipinski definition) is 3. The standard InChI is InChI=1S/C31H33Cl2NO2S/c1-20(2)27-5-3-4-6-30(27)36-26-16-24-12-13-25(17-26)34(24)31(35)23-10-7-21(8-11-23)18-37-19-22-9-14-28(32)29(33)15-22/h3-11,14-15,20,24-26H,12-13,16-19H2,1-2H3. The van der Waals surface area contributed by atoms with Gasteiger partial charge >= 0.3 is 0 Å². The molecule has 2 fully saturated rings. The Hall–Kier alpha value is -2.14. The van der Waals surface area contributed by atoms with E-state index in [0.29, 0.717) is 16.0 Å². The Kier molecular flexibility index (Phi) is 8.38. The number of nitrogens with zero attached hydrogens (tertiary/aromatic N) is 1. The number of halogens is 2. The van der Waals surface area contributed by atoms with Crippen molar-refractivity contribution >= 4 is 40.9 Å². The van der Waals surface area contributed by atoms with Gasteiger partial charge in [-0.05, 0) is 65.8 Å². The number of piperidine rings is 1. The molecule has 37 heavy (non-hydrogen) atoms. The molecule has 2 atom stereocenters. The Bertz CT molecular complexity index is 1230. The summed E-state index contributed by atoms with van der Waals surface area (Å²) in [6.45, 7) is 4.40. The normalized spacial score (nSPS) is 20.9. The topological polar surface area (TPSA) is 29.5 Å². The van der Waals surface area contributed by atoms with Gasteiger partial charge in [-0.2, -0.15) is 11.8 Å². The van der Waals surface area contributed by atoms with Crippen LogP contribution in [-0.2, 0) is 11.5 Å². The predicted molar refractivity (Wildman–Crippen MR) is 155 cm³/mol. The van der Waals surface area contributed by atoms with E-state index in [1.165, 1.54) is 11.1 Å². The molecule has 0 radical (unpaired) electrons. The summed E-state index contributed by atoms with van der Waals surface area (Å²) in [5.74, 6) is 3.31. The van der Waals surface area contributed by atoms with E-state index in [0.717, 1.165) is 54.1 Å². The largest absolute Gasteiger partial charge is 0.490 e. The predicted octanol–water partition coefficient (Wildman–Crippen LogP) is 8.76. The number of amides is 1. The zero-order chi connectivity index (χ0) is 25.9. The van der Waals surface area contributed by atoms with E-state index >= 15 is 0 Å². The van der Waals surface area contributed by atoms with Crippen LogP contribution in [0.25, 0.3) is 0 Å². The third-order valence-electron chi connectivity index (χ3n) is 7.48. The van der Waals surface area contributed by atoms with Gasteiger partial charge in [0.05, 0.1) is 10.0 Å². The van der Waals surface area contributed by atoms with Crippen LogP contribution in [-0.4, -0.2) is 29.0 Å². The van der Waals surface area contributed by atoms with Gasteiger partial charge in [0.2, 0.25) is 0 Å². The van der Waals surface area contributed by atoms with Crippen molar-refractivity contribution in [1.82, 2.24) is 4.90 Å². The van der Waals surface area contributed by atoms with E-state index < -0.39 is 0 Å². The molecule has 2 bridgehead atoms. The Labute approximate surface area is 234 Å². The van der Waals surface area contributed by atoms with Gasteiger partial charge in [-0.25, -0.2) is 0 Å². The summed E-state index contributed by atoms with van der Waals surface area (Å²) in [6, 6.07) is 22.8. The van der Waals surface area contributed by atoms with Gasteiger partial charge in [0.25, 0.3) is 5.91 Å². The summed E-state index contributed by atoms with van der Waals surface area (Å²) in [7, 11) is 0. The van der Waals surface area contributed by atoms with E-state index in [4.69, 9.17) is 27.9 Å². The Morgan fingerprint density at radius 1 is 0.919 bits per heavy atom. The molecule has 2 aliphatic rings. The highest BCUT2D eigenvalue weighted by atomic mass is 35.5. The average Bonchev–Trinajstić information content (AvgIpc) is 3.16. The summed E-state index contributed by atoms with van der Waals surface area (Å²) < 4.78 is 6.51. The zero-order valence-corrected chi connectivity index (χ0v) is 23.7. The molecule has 2 unspecified atom stereocenters. The Balaban J connectivity index is 1.17. The lowest BCUT2D eigenvalue weighted by molar-refractivity contribution is 0.0356. The molecule has 2 heterocycles. The molecular weight excluding hydrogens is 521 g/mol. The molecule has 3 nitrogen and oxygen atoms in total. The number of hydrogen-bond donors (Lipinski definition) is 0. The minimum absolute atomic E-state index is 0.156. The lowest BCUT2D eigenvalue weighted by Gasteiger charge is -2.39. The molecule has 5 rings (SSSR count). The smallest absolute Gasteiger partial charge is 0.254 e. The molecule has 6 heteroatoms. The molecule has 194 valence electrons.